The Kier molecular flexibility index (Phi) is 31.5. The highest BCUT2D eigenvalue weighted by molar-refractivity contribution is 7.47. The summed E-state index contributed by atoms with van der Waals surface area (Å²) in [5.74, 6) is 0.182. The fourth-order valence-corrected chi connectivity index (χ4v) is 7.70. The Balaban J connectivity index is 1.69. The lowest BCUT2D eigenvalue weighted by molar-refractivity contribution is -0.671. The molecule has 0 saturated heterocycles. The number of aromatic nitrogens is 1. The minimum absolute atomic E-state index is 0.0263. The van der Waals surface area contributed by atoms with Crippen molar-refractivity contribution in [3.05, 3.63) is 72.5 Å². The minimum Gasteiger partial charge on any atom is -0.462 e. The number of phosphoric ester groups is 1. The molecule has 1 N–H and O–H groups in total. The monoisotopic (exact) mass is 858 g/mol. The first-order valence-corrected chi connectivity index (χ1v) is 25.1. The minimum atomic E-state index is -4.47. The summed E-state index contributed by atoms with van der Waals surface area (Å²) in [5, 5.41) is 0. The van der Waals surface area contributed by atoms with Gasteiger partial charge in [0.25, 0.3) is 5.82 Å². The van der Waals surface area contributed by atoms with Crippen LogP contribution in [0.2, 0.25) is 0 Å². The molecule has 1 aromatic heterocycles. The molecular formula is C49H82N2O8P+. The van der Waals surface area contributed by atoms with Gasteiger partial charge in [0.05, 0.1) is 19.4 Å². The van der Waals surface area contributed by atoms with Gasteiger partial charge in [0, 0.05) is 18.9 Å². The Morgan fingerprint density at radius 1 is 0.700 bits per heavy atom. The number of carbonyl (C=O) groups excluding carboxylic acids is 2. The van der Waals surface area contributed by atoms with E-state index in [0.29, 0.717) is 19.4 Å². The van der Waals surface area contributed by atoms with E-state index in [1.165, 1.54) is 56.9 Å². The third-order valence-corrected chi connectivity index (χ3v) is 11.5. The van der Waals surface area contributed by atoms with E-state index in [9.17, 15) is 19.0 Å². The van der Waals surface area contributed by atoms with Crippen LogP contribution >= 0.6 is 7.82 Å². The molecular weight excluding hydrogens is 776 g/mol. The fourth-order valence-electron chi connectivity index (χ4n) is 6.95. The van der Waals surface area contributed by atoms with E-state index in [2.05, 4.69) is 78.1 Å². The van der Waals surface area contributed by atoms with Crippen molar-refractivity contribution in [1.82, 2.24) is 0 Å². The molecule has 0 aromatic carbocycles. The van der Waals surface area contributed by atoms with Crippen LogP contribution in [0.25, 0.3) is 0 Å². The number of aryl methyl sites for hydroxylation is 1. The number of rotatable bonds is 38. The first-order chi connectivity index (χ1) is 29.2. The Bertz CT molecular complexity index is 1440. The summed E-state index contributed by atoms with van der Waals surface area (Å²) in [6.07, 6.45) is 43.5. The number of hydrogen-bond acceptors (Lipinski definition) is 8. The number of fused-ring (bicyclic) bond motifs is 1. The van der Waals surface area contributed by atoms with Crippen molar-refractivity contribution in [2.24, 2.45) is 0 Å². The third kappa shape index (κ3) is 28.5. The predicted octanol–water partition coefficient (Wildman–Crippen LogP) is 12.3. The highest BCUT2D eigenvalue weighted by Crippen LogP contribution is 2.43. The molecule has 0 aliphatic carbocycles. The molecule has 1 aliphatic rings. The number of unbranched alkanes of at least 4 members (excludes halogenated alkanes) is 16. The lowest BCUT2D eigenvalue weighted by Gasteiger charge is -2.20. The van der Waals surface area contributed by atoms with Crippen LogP contribution in [0.4, 0.5) is 5.82 Å². The summed E-state index contributed by atoms with van der Waals surface area (Å²) in [6, 6.07) is 4.06. The Labute approximate surface area is 364 Å². The van der Waals surface area contributed by atoms with Crippen LogP contribution in [0, 0.1) is 6.92 Å². The molecule has 2 unspecified atom stereocenters. The van der Waals surface area contributed by atoms with Crippen molar-refractivity contribution >= 4 is 25.6 Å². The molecule has 340 valence electrons. The quantitative estimate of drug-likeness (QED) is 0.0228. The van der Waals surface area contributed by atoms with Crippen LogP contribution in [-0.4, -0.2) is 55.8 Å². The van der Waals surface area contributed by atoms with Crippen molar-refractivity contribution < 1.29 is 42.1 Å². The Morgan fingerprint density at radius 2 is 1.22 bits per heavy atom. The number of esters is 2. The second-order valence-corrected chi connectivity index (χ2v) is 17.6. The van der Waals surface area contributed by atoms with E-state index in [4.69, 9.17) is 18.5 Å². The number of hydrogen-bond donors (Lipinski definition) is 1. The van der Waals surface area contributed by atoms with Gasteiger partial charge in [0.15, 0.2) is 6.10 Å². The van der Waals surface area contributed by atoms with Crippen LogP contribution in [0.1, 0.15) is 174 Å². The highest BCUT2D eigenvalue weighted by Gasteiger charge is 2.30. The van der Waals surface area contributed by atoms with Gasteiger partial charge in [-0.25, -0.2) is 9.13 Å². The van der Waals surface area contributed by atoms with Crippen LogP contribution in [0.15, 0.2) is 66.9 Å². The number of ether oxygens (including phenoxy) is 2. The average Bonchev–Trinajstić information content (AvgIpc) is 3.63. The Hall–Kier alpha value is -3.04. The molecule has 0 amide bonds. The van der Waals surface area contributed by atoms with Gasteiger partial charge in [0.1, 0.15) is 26.2 Å². The largest absolute Gasteiger partial charge is 0.472 e. The summed E-state index contributed by atoms with van der Waals surface area (Å²) in [4.78, 5) is 38.0. The van der Waals surface area contributed by atoms with Crippen LogP contribution in [0.5, 0.6) is 0 Å². The molecule has 0 bridgehead atoms. The van der Waals surface area contributed by atoms with E-state index in [-0.39, 0.29) is 26.1 Å². The third-order valence-electron chi connectivity index (χ3n) is 10.5. The van der Waals surface area contributed by atoms with Crippen LogP contribution in [0.3, 0.4) is 0 Å². The summed E-state index contributed by atoms with van der Waals surface area (Å²) in [5.41, 5.74) is 1.17. The van der Waals surface area contributed by atoms with E-state index >= 15 is 0 Å². The zero-order chi connectivity index (χ0) is 43.4. The maximum Gasteiger partial charge on any atom is 0.472 e. The zero-order valence-electron chi connectivity index (χ0n) is 37.8. The van der Waals surface area contributed by atoms with Gasteiger partial charge in [-0.05, 0) is 95.6 Å². The number of phosphoric acid groups is 1. The average molecular weight is 858 g/mol. The first-order valence-electron chi connectivity index (χ1n) is 23.6. The molecule has 60 heavy (non-hydrogen) atoms. The number of nitrogens with zero attached hydrogens (tertiary/aromatic N) is 2. The summed E-state index contributed by atoms with van der Waals surface area (Å²) in [7, 11) is -4.47. The molecule has 0 saturated carbocycles. The number of carbonyl (C=O) groups is 2. The van der Waals surface area contributed by atoms with Crippen LogP contribution < -0.4 is 9.47 Å². The lowest BCUT2D eigenvalue weighted by Crippen LogP contribution is -2.31. The van der Waals surface area contributed by atoms with Crippen molar-refractivity contribution in [2.45, 2.75) is 188 Å². The van der Waals surface area contributed by atoms with Crippen molar-refractivity contribution in [2.75, 3.05) is 37.8 Å². The predicted molar refractivity (Wildman–Crippen MR) is 245 cm³/mol. The first kappa shape index (κ1) is 53.1. The number of anilines is 1. The van der Waals surface area contributed by atoms with Gasteiger partial charge in [-0.15, -0.1) is 0 Å². The number of pyridine rings is 1. The summed E-state index contributed by atoms with van der Waals surface area (Å²) >= 11 is 0. The van der Waals surface area contributed by atoms with Crippen LogP contribution in [-0.2, 0) is 39.2 Å². The normalized spacial score (nSPS) is 14.5. The van der Waals surface area contributed by atoms with Gasteiger partial charge in [-0.2, -0.15) is 0 Å². The van der Waals surface area contributed by atoms with Gasteiger partial charge in [0.2, 0.25) is 0 Å². The molecule has 0 fully saturated rings. The molecule has 2 atom stereocenters. The molecule has 2 heterocycles. The van der Waals surface area contributed by atoms with E-state index in [0.717, 1.165) is 96.0 Å². The summed E-state index contributed by atoms with van der Waals surface area (Å²) in [6.45, 7) is 7.80. The molecule has 11 heteroatoms. The second kappa shape index (κ2) is 35.5. The lowest BCUT2D eigenvalue weighted by atomic mass is 10.1. The molecule has 2 rings (SSSR count). The molecule has 0 spiro atoms. The van der Waals surface area contributed by atoms with Crippen molar-refractivity contribution in [3.63, 3.8) is 0 Å². The maximum absolute atomic E-state index is 12.8. The van der Waals surface area contributed by atoms with Gasteiger partial charge < -0.3 is 14.4 Å². The zero-order valence-corrected chi connectivity index (χ0v) is 38.7. The van der Waals surface area contributed by atoms with E-state index < -0.39 is 32.5 Å². The van der Waals surface area contributed by atoms with Gasteiger partial charge in [-0.1, -0.05) is 127 Å². The summed E-state index contributed by atoms with van der Waals surface area (Å²) < 4.78 is 36.6. The second-order valence-electron chi connectivity index (χ2n) is 16.1. The molecule has 0 radical (unpaired) electrons. The standard InChI is InChI=1S/C49H81N2O8P/c1-4-6-8-10-12-14-16-18-20-22-24-26-28-30-32-34-48(52)56-43-46(44-58-60(54,55)57-41-40-50-38-39-51-42-45(3)36-37-47(50)51)59-49(53)35-33-31-29-27-25-23-21-19-17-15-13-11-9-7-5-2/h12-15,18-21,36-37,42,46H,4-11,16-17,22-35,38-41,43-44H2,1-3H3/p+1/b14-12-,15-13-,20-18-,21-19-. The molecule has 1 aromatic rings. The van der Waals surface area contributed by atoms with E-state index in [1.54, 1.807) is 0 Å². The molecule has 1 aliphatic heterocycles. The van der Waals surface area contributed by atoms with Gasteiger partial charge in [-0.3, -0.25) is 23.5 Å². The number of allylic oxidation sites excluding steroid dienone is 8. The van der Waals surface area contributed by atoms with Crippen molar-refractivity contribution in [1.29, 1.82) is 0 Å². The van der Waals surface area contributed by atoms with E-state index in [1.807, 2.05) is 19.1 Å². The Morgan fingerprint density at radius 3 is 1.78 bits per heavy atom. The SMILES string of the molecule is CCCCC/C=C\C/C=C\CCCCCCCC(=O)OCC(COP(=O)(O)OCCN1CC[n+]2cc(C)ccc21)OC(=O)CCCCCCC/C=C\C/C=C\CCCCC. The van der Waals surface area contributed by atoms with Gasteiger partial charge >= 0.3 is 19.8 Å². The topological polar surface area (TPSA) is 115 Å². The smallest absolute Gasteiger partial charge is 0.462 e. The maximum atomic E-state index is 12.8. The highest BCUT2D eigenvalue weighted by atomic mass is 31.2. The fraction of sp³-hybridized carbons (Fsp3) is 0.694. The molecule has 10 nitrogen and oxygen atoms in total. The van der Waals surface area contributed by atoms with Crippen molar-refractivity contribution in [3.8, 4) is 0 Å².